The van der Waals surface area contributed by atoms with Gasteiger partial charge in [-0.25, -0.2) is 0 Å². The predicted molar refractivity (Wildman–Crippen MR) is 28.3 cm³/mol. The minimum absolute atomic E-state index is 0.0517. The van der Waals surface area contributed by atoms with Crippen LogP contribution in [0, 0.1) is 0 Å². The van der Waals surface area contributed by atoms with Gasteiger partial charge in [0.05, 0.1) is 18.6 Å². The van der Waals surface area contributed by atoms with Crippen LogP contribution < -0.4 is 0 Å². The fourth-order valence-electron chi connectivity index (χ4n) is 0.714. The van der Waals surface area contributed by atoms with Gasteiger partial charge in [0.25, 0.3) is 5.97 Å². The van der Waals surface area contributed by atoms with E-state index in [1.165, 1.54) is 0 Å². The van der Waals surface area contributed by atoms with Crippen LogP contribution >= 0.6 is 0 Å². The van der Waals surface area contributed by atoms with Crippen LogP contribution in [0.1, 0.15) is 13.3 Å². The maximum Gasteiger partial charge on any atom is 0.277 e. The van der Waals surface area contributed by atoms with Crippen LogP contribution in [-0.2, 0) is 4.74 Å². The molecule has 0 spiro atoms. The average molecular weight is 134 g/mol. The fraction of sp³-hybridized carbons (Fsp3) is 1.00. The maximum atomic E-state index is 8.38. The normalized spacial score (nSPS) is 34.7. The molecule has 1 saturated heterocycles. The summed E-state index contributed by atoms with van der Waals surface area (Å²) in [5.74, 6) is -2.56. The SMILES string of the molecule is CC1OC1CC(O)(O)O. The Morgan fingerprint density at radius 3 is 2.00 bits per heavy atom. The third kappa shape index (κ3) is 2.28. The molecule has 0 aromatic heterocycles. The number of epoxide rings is 1. The summed E-state index contributed by atoms with van der Waals surface area (Å²) in [5.41, 5.74) is 0. The molecule has 1 rings (SSSR count). The van der Waals surface area contributed by atoms with E-state index in [0.717, 1.165) is 0 Å². The zero-order chi connectivity index (χ0) is 7.07. The highest BCUT2D eigenvalue weighted by molar-refractivity contribution is 4.81. The van der Waals surface area contributed by atoms with Gasteiger partial charge in [-0.15, -0.1) is 0 Å². The molecule has 4 nitrogen and oxygen atoms in total. The number of aliphatic hydroxyl groups is 3. The molecule has 1 aliphatic heterocycles. The Morgan fingerprint density at radius 1 is 1.44 bits per heavy atom. The average Bonchev–Trinajstić information content (AvgIpc) is 2.13. The number of hydrogen-bond donors (Lipinski definition) is 3. The Balaban J connectivity index is 2.19. The van der Waals surface area contributed by atoms with Crippen molar-refractivity contribution in [3.8, 4) is 0 Å². The predicted octanol–water partition coefficient (Wildman–Crippen LogP) is -1.21. The Labute approximate surface area is 52.7 Å². The van der Waals surface area contributed by atoms with Crippen molar-refractivity contribution in [2.45, 2.75) is 31.5 Å². The Morgan fingerprint density at radius 2 is 1.89 bits per heavy atom. The van der Waals surface area contributed by atoms with Crippen molar-refractivity contribution in [2.75, 3.05) is 0 Å². The second-order valence-corrected chi connectivity index (χ2v) is 2.36. The van der Waals surface area contributed by atoms with E-state index in [0.29, 0.717) is 0 Å². The van der Waals surface area contributed by atoms with E-state index in [4.69, 9.17) is 20.1 Å². The van der Waals surface area contributed by atoms with Gasteiger partial charge in [-0.2, -0.15) is 0 Å². The Kier molecular flexibility index (Phi) is 1.48. The standard InChI is InChI=1S/C5H10O4/c1-3-4(9-3)2-5(6,7)8/h3-4,6-8H,2H2,1H3. The van der Waals surface area contributed by atoms with Crippen molar-refractivity contribution in [3.05, 3.63) is 0 Å². The topological polar surface area (TPSA) is 73.2 Å². The first kappa shape index (κ1) is 6.95. The van der Waals surface area contributed by atoms with Crippen molar-refractivity contribution in [3.63, 3.8) is 0 Å². The van der Waals surface area contributed by atoms with E-state index in [-0.39, 0.29) is 18.6 Å². The monoisotopic (exact) mass is 134 g/mol. The van der Waals surface area contributed by atoms with Gasteiger partial charge >= 0.3 is 0 Å². The van der Waals surface area contributed by atoms with Gasteiger partial charge in [0.15, 0.2) is 0 Å². The maximum absolute atomic E-state index is 8.38. The van der Waals surface area contributed by atoms with E-state index in [1.807, 2.05) is 0 Å². The van der Waals surface area contributed by atoms with Crippen LogP contribution in [-0.4, -0.2) is 33.5 Å². The van der Waals surface area contributed by atoms with Gasteiger partial charge < -0.3 is 20.1 Å². The van der Waals surface area contributed by atoms with Crippen LogP contribution in [0.25, 0.3) is 0 Å². The van der Waals surface area contributed by atoms with Crippen LogP contribution in [0.4, 0.5) is 0 Å². The zero-order valence-electron chi connectivity index (χ0n) is 5.11. The highest BCUT2D eigenvalue weighted by atomic mass is 16.7. The smallest absolute Gasteiger partial charge is 0.277 e. The number of ether oxygens (including phenoxy) is 1. The highest BCUT2D eigenvalue weighted by Gasteiger charge is 2.40. The van der Waals surface area contributed by atoms with E-state index in [9.17, 15) is 0 Å². The van der Waals surface area contributed by atoms with Gasteiger partial charge in [0, 0.05) is 0 Å². The van der Waals surface area contributed by atoms with Crippen molar-refractivity contribution in [2.24, 2.45) is 0 Å². The molecule has 1 fully saturated rings. The lowest BCUT2D eigenvalue weighted by atomic mass is 10.2. The molecule has 0 aromatic rings. The van der Waals surface area contributed by atoms with Crippen molar-refractivity contribution in [1.82, 2.24) is 0 Å². The summed E-state index contributed by atoms with van der Waals surface area (Å²) in [5, 5.41) is 25.1. The molecule has 54 valence electrons. The molecule has 1 aliphatic rings. The van der Waals surface area contributed by atoms with Crippen molar-refractivity contribution < 1.29 is 20.1 Å². The van der Waals surface area contributed by atoms with Gasteiger partial charge in [-0.3, -0.25) is 0 Å². The van der Waals surface area contributed by atoms with Gasteiger partial charge in [-0.1, -0.05) is 0 Å². The Bertz CT molecular complexity index is 106. The summed E-state index contributed by atoms with van der Waals surface area (Å²) >= 11 is 0. The summed E-state index contributed by atoms with van der Waals surface area (Å²) in [7, 11) is 0. The van der Waals surface area contributed by atoms with Crippen LogP contribution in [0.15, 0.2) is 0 Å². The van der Waals surface area contributed by atoms with Crippen LogP contribution in [0.5, 0.6) is 0 Å². The summed E-state index contributed by atoms with van der Waals surface area (Å²) in [4.78, 5) is 0. The van der Waals surface area contributed by atoms with E-state index < -0.39 is 5.97 Å². The van der Waals surface area contributed by atoms with Gasteiger partial charge in [0.1, 0.15) is 0 Å². The van der Waals surface area contributed by atoms with Crippen molar-refractivity contribution in [1.29, 1.82) is 0 Å². The molecule has 0 radical (unpaired) electrons. The summed E-state index contributed by atoms with van der Waals surface area (Å²) in [6.45, 7) is 1.80. The largest absolute Gasteiger partial charge is 0.370 e. The van der Waals surface area contributed by atoms with Crippen molar-refractivity contribution >= 4 is 0 Å². The fourth-order valence-corrected chi connectivity index (χ4v) is 0.714. The molecule has 9 heavy (non-hydrogen) atoms. The Hall–Kier alpha value is -0.160. The summed E-state index contributed by atoms with van der Waals surface area (Å²) < 4.78 is 4.81. The highest BCUT2D eigenvalue weighted by Crippen LogP contribution is 2.27. The molecule has 3 N–H and O–H groups in total. The lowest BCUT2D eigenvalue weighted by Gasteiger charge is -2.10. The molecule has 0 aromatic carbocycles. The molecule has 0 aliphatic carbocycles. The minimum Gasteiger partial charge on any atom is -0.370 e. The molecule has 2 unspecified atom stereocenters. The van der Waals surface area contributed by atoms with Gasteiger partial charge in [0.2, 0.25) is 0 Å². The van der Waals surface area contributed by atoms with E-state index in [1.54, 1.807) is 6.92 Å². The molecular formula is C5H10O4. The summed E-state index contributed by atoms with van der Waals surface area (Å²) in [6.07, 6.45) is -0.269. The molecular weight excluding hydrogens is 124 g/mol. The molecule has 2 atom stereocenters. The lowest BCUT2D eigenvalue weighted by Crippen LogP contribution is -2.29. The zero-order valence-corrected chi connectivity index (χ0v) is 5.11. The third-order valence-corrected chi connectivity index (χ3v) is 1.31. The first-order valence-electron chi connectivity index (χ1n) is 2.81. The second-order valence-electron chi connectivity index (χ2n) is 2.36. The lowest BCUT2D eigenvalue weighted by molar-refractivity contribution is -0.315. The molecule has 4 heteroatoms. The molecule has 0 amide bonds. The molecule has 0 bridgehead atoms. The third-order valence-electron chi connectivity index (χ3n) is 1.31. The quantitative estimate of drug-likeness (QED) is 0.327. The number of rotatable bonds is 2. The summed E-state index contributed by atoms with van der Waals surface area (Å²) in [6, 6.07) is 0. The van der Waals surface area contributed by atoms with Crippen LogP contribution in [0.2, 0.25) is 0 Å². The first-order chi connectivity index (χ1) is 3.99. The van der Waals surface area contributed by atoms with E-state index >= 15 is 0 Å². The molecule has 1 heterocycles. The number of hydrogen-bond acceptors (Lipinski definition) is 4. The van der Waals surface area contributed by atoms with E-state index in [2.05, 4.69) is 0 Å². The van der Waals surface area contributed by atoms with Crippen LogP contribution in [0.3, 0.4) is 0 Å². The minimum atomic E-state index is -2.56. The van der Waals surface area contributed by atoms with Gasteiger partial charge in [-0.05, 0) is 6.92 Å². The first-order valence-corrected chi connectivity index (χ1v) is 2.81. The second kappa shape index (κ2) is 1.91. The molecule has 0 saturated carbocycles.